The first-order valence-electron chi connectivity index (χ1n) is 8.57. The number of anilines is 1. The lowest BCUT2D eigenvalue weighted by Crippen LogP contribution is -2.31. The highest BCUT2D eigenvalue weighted by Gasteiger charge is 2.39. The quantitative estimate of drug-likeness (QED) is 0.662. The van der Waals surface area contributed by atoms with Gasteiger partial charge >= 0.3 is 11.9 Å². The molecule has 0 bridgehead atoms. The molecule has 0 fully saturated rings. The van der Waals surface area contributed by atoms with Crippen molar-refractivity contribution >= 4 is 29.4 Å². The number of carbonyl (C=O) groups is 4. The Morgan fingerprint density at radius 2 is 1.38 bits per heavy atom. The minimum Gasteiger partial charge on any atom is -0.478 e. The molecule has 7 nitrogen and oxygen atoms in total. The third-order valence-electron chi connectivity index (χ3n) is 4.71. The highest BCUT2D eigenvalue weighted by atomic mass is 16.4. The largest absolute Gasteiger partial charge is 0.478 e. The van der Waals surface area contributed by atoms with Crippen LogP contribution in [0.25, 0.3) is 11.1 Å². The molecule has 0 aliphatic carbocycles. The molecule has 3 aromatic carbocycles. The Bertz CT molecular complexity index is 1200. The minimum absolute atomic E-state index is 0.0291. The lowest BCUT2D eigenvalue weighted by molar-refractivity contribution is 0.0686. The van der Waals surface area contributed by atoms with Gasteiger partial charge in [-0.15, -0.1) is 0 Å². The van der Waals surface area contributed by atoms with Crippen LogP contribution in [0.15, 0.2) is 66.7 Å². The van der Waals surface area contributed by atoms with E-state index in [-0.39, 0.29) is 27.9 Å². The lowest BCUT2D eigenvalue weighted by atomic mass is 10.0. The second-order valence-electron chi connectivity index (χ2n) is 6.41. The summed E-state index contributed by atoms with van der Waals surface area (Å²) in [6.07, 6.45) is 0. The smallest absolute Gasteiger partial charge is 0.337 e. The molecule has 2 N–H and O–H groups in total. The van der Waals surface area contributed by atoms with Crippen LogP contribution in [-0.4, -0.2) is 34.0 Å². The number of hydrogen-bond donors (Lipinski definition) is 2. The van der Waals surface area contributed by atoms with Crippen molar-refractivity contribution in [2.24, 2.45) is 0 Å². The van der Waals surface area contributed by atoms with E-state index in [4.69, 9.17) is 5.11 Å². The SMILES string of the molecule is O=C(O)c1ccc2c(c1)C(=O)N(c1cc(-c3ccccc3)ccc1C(=O)O)C2=O. The van der Waals surface area contributed by atoms with Gasteiger partial charge in [-0.2, -0.15) is 0 Å². The van der Waals surface area contributed by atoms with E-state index in [1.54, 1.807) is 6.07 Å². The van der Waals surface area contributed by atoms with Crippen molar-refractivity contribution in [2.45, 2.75) is 0 Å². The molecular weight excluding hydrogens is 374 g/mol. The Kier molecular flexibility index (Phi) is 4.20. The van der Waals surface area contributed by atoms with Crippen LogP contribution in [0.2, 0.25) is 0 Å². The number of carbonyl (C=O) groups excluding carboxylic acids is 2. The molecule has 7 heteroatoms. The van der Waals surface area contributed by atoms with E-state index < -0.39 is 23.8 Å². The molecule has 0 spiro atoms. The summed E-state index contributed by atoms with van der Waals surface area (Å²) in [5, 5.41) is 18.7. The van der Waals surface area contributed by atoms with Crippen LogP contribution in [0.5, 0.6) is 0 Å². The molecule has 0 atom stereocenters. The van der Waals surface area contributed by atoms with E-state index in [0.29, 0.717) is 5.56 Å². The summed E-state index contributed by atoms with van der Waals surface area (Å²) in [7, 11) is 0. The molecule has 0 unspecified atom stereocenters. The Morgan fingerprint density at radius 3 is 2.03 bits per heavy atom. The van der Waals surface area contributed by atoms with E-state index in [1.807, 2.05) is 30.3 Å². The van der Waals surface area contributed by atoms with Crippen LogP contribution in [0, 0.1) is 0 Å². The standard InChI is InChI=1S/C22H13NO6/c24-19-15-8-7-14(21(26)27)10-17(15)20(25)23(19)18-11-13(6-9-16(18)22(28)29)12-4-2-1-3-5-12/h1-11H,(H,26,27)(H,28,29). The van der Waals surface area contributed by atoms with Crippen LogP contribution in [0.1, 0.15) is 41.4 Å². The number of fused-ring (bicyclic) bond motifs is 1. The van der Waals surface area contributed by atoms with E-state index in [9.17, 15) is 24.3 Å². The van der Waals surface area contributed by atoms with Gasteiger partial charge < -0.3 is 10.2 Å². The molecule has 1 aliphatic heterocycles. The second kappa shape index (κ2) is 6.72. The summed E-state index contributed by atoms with van der Waals surface area (Å²) in [5.74, 6) is -3.98. The van der Waals surface area contributed by atoms with Crippen LogP contribution < -0.4 is 4.90 Å². The average molecular weight is 387 g/mol. The zero-order chi connectivity index (χ0) is 20.7. The Hall–Kier alpha value is -4.26. The maximum absolute atomic E-state index is 12.9. The predicted octanol–water partition coefficient (Wildman–Crippen LogP) is 3.55. The van der Waals surface area contributed by atoms with Gasteiger partial charge in [0.25, 0.3) is 11.8 Å². The molecule has 0 saturated carbocycles. The number of carboxylic acid groups (broad SMARTS) is 2. The van der Waals surface area contributed by atoms with Crippen molar-refractivity contribution in [2.75, 3.05) is 4.90 Å². The molecule has 142 valence electrons. The molecule has 1 heterocycles. The molecule has 2 amide bonds. The van der Waals surface area contributed by atoms with Crippen molar-refractivity contribution < 1.29 is 29.4 Å². The number of carboxylic acids is 2. The van der Waals surface area contributed by atoms with Gasteiger partial charge in [0.05, 0.1) is 27.9 Å². The fourth-order valence-electron chi connectivity index (χ4n) is 3.30. The molecule has 3 aromatic rings. The Balaban J connectivity index is 1.87. The van der Waals surface area contributed by atoms with Crippen LogP contribution in [0.4, 0.5) is 5.69 Å². The Morgan fingerprint density at radius 1 is 0.690 bits per heavy atom. The maximum Gasteiger partial charge on any atom is 0.337 e. The van der Waals surface area contributed by atoms with E-state index >= 15 is 0 Å². The van der Waals surface area contributed by atoms with Gasteiger partial charge in [0, 0.05) is 0 Å². The van der Waals surface area contributed by atoms with Gasteiger partial charge in [-0.1, -0.05) is 36.4 Å². The number of amides is 2. The summed E-state index contributed by atoms with van der Waals surface area (Å²) in [6, 6.07) is 17.1. The third kappa shape index (κ3) is 2.94. The van der Waals surface area contributed by atoms with Crippen LogP contribution in [-0.2, 0) is 0 Å². The number of nitrogens with zero attached hydrogens (tertiary/aromatic N) is 1. The van der Waals surface area contributed by atoms with Gasteiger partial charge in [0.2, 0.25) is 0 Å². The molecule has 4 rings (SSSR count). The number of imide groups is 1. The van der Waals surface area contributed by atoms with E-state index in [1.165, 1.54) is 24.3 Å². The summed E-state index contributed by atoms with van der Waals surface area (Å²) in [5.41, 5.74) is 0.962. The molecule has 0 saturated heterocycles. The van der Waals surface area contributed by atoms with Crippen molar-refractivity contribution in [1.82, 2.24) is 0 Å². The average Bonchev–Trinajstić information content (AvgIpc) is 2.98. The number of hydrogen-bond acceptors (Lipinski definition) is 4. The fourth-order valence-corrected chi connectivity index (χ4v) is 3.30. The molecular formula is C22H13NO6. The summed E-state index contributed by atoms with van der Waals surface area (Å²) in [4.78, 5) is 49.5. The predicted molar refractivity (Wildman–Crippen MR) is 103 cm³/mol. The molecule has 0 aromatic heterocycles. The zero-order valence-corrected chi connectivity index (χ0v) is 14.8. The first-order chi connectivity index (χ1) is 13.9. The molecule has 29 heavy (non-hydrogen) atoms. The van der Waals surface area contributed by atoms with E-state index in [0.717, 1.165) is 16.5 Å². The maximum atomic E-state index is 12.9. The lowest BCUT2D eigenvalue weighted by Gasteiger charge is -2.18. The summed E-state index contributed by atoms with van der Waals surface area (Å²) < 4.78 is 0. The van der Waals surface area contributed by atoms with Gasteiger partial charge in [-0.25, -0.2) is 14.5 Å². The third-order valence-corrected chi connectivity index (χ3v) is 4.71. The van der Waals surface area contributed by atoms with Crippen LogP contribution >= 0.6 is 0 Å². The monoisotopic (exact) mass is 387 g/mol. The second-order valence-corrected chi connectivity index (χ2v) is 6.41. The van der Waals surface area contributed by atoms with Crippen molar-refractivity contribution in [3.05, 3.63) is 89.0 Å². The summed E-state index contributed by atoms with van der Waals surface area (Å²) in [6.45, 7) is 0. The van der Waals surface area contributed by atoms with Gasteiger partial charge in [0.1, 0.15) is 0 Å². The highest BCUT2D eigenvalue weighted by molar-refractivity contribution is 6.35. The number of aromatic carboxylic acids is 2. The molecule has 0 radical (unpaired) electrons. The van der Waals surface area contributed by atoms with E-state index in [2.05, 4.69) is 0 Å². The number of benzene rings is 3. The minimum atomic E-state index is -1.29. The topological polar surface area (TPSA) is 112 Å². The number of rotatable bonds is 4. The van der Waals surface area contributed by atoms with Gasteiger partial charge in [-0.3, -0.25) is 9.59 Å². The normalized spacial score (nSPS) is 12.8. The van der Waals surface area contributed by atoms with Crippen molar-refractivity contribution in [3.8, 4) is 11.1 Å². The van der Waals surface area contributed by atoms with Crippen LogP contribution in [0.3, 0.4) is 0 Å². The van der Waals surface area contributed by atoms with Gasteiger partial charge in [0.15, 0.2) is 0 Å². The first kappa shape index (κ1) is 18.1. The van der Waals surface area contributed by atoms with Crippen molar-refractivity contribution in [1.29, 1.82) is 0 Å². The van der Waals surface area contributed by atoms with Crippen molar-refractivity contribution in [3.63, 3.8) is 0 Å². The Labute approximate surface area is 164 Å². The zero-order valence-electron chi connectivity index (χ0n) is 14.8. The first-order valence-corrected chi connectivity index (χ1v) is 8.57. The summed E-state index contributed by atoms with van der Waals surface area (Å²) >= 11 is 0. The molecule has 1 aliphatic rings. The fraction of sp³-hybridized carbons (Fsp3) is 0. The van der Waals surface area contributed by atoms with Gasteiger partial charge in [-0.05, 0) is 41.5 Å². The highest BCUT2D eigenvalue weighted by Crippen LogP contribution is 2.34.